The minimum Gasteiger partial charge on any atom is -0.508 e. The quantitative estimate of drug-likeness (QED) is 0.376. The second kappa shape index (κ2) is 7.66. The van der Waals surface area contributed by atoms with Crippen molar-refractivity contribution in [2.24, 2.45) is 5.92 Å². The molecule has 1 aromatic carbocycles. The number of aliphatic hydroxyl groups excluding tert-OH is 1. The fourth-order valence-corrected chi connectivity index (χ4v) is 3.22. The molecular formula is C16H20NO6P. The highest BCUT2D eigenvalue weighted by Gasteiger charge is 2.29. The van der Waals surface area contributed by atoms with Crippen LogP contribution in [0.5, 0.6) is 5.75 Å². The molecule has 0 fully saturated rings. The first kappa shape index (κ1) is 18.3. The molecular weight excluding hydrogens is 333 g/mol. The van der Waals surface area contributed by atoms with Crippen LogP contribution in [0.1, 0.15) is 24.8 Å². The van der Waals surface area contributed by atoms with Crippen molar-refractivity contribution in [2.45, 2.75) is 25.7 Å². The number of aromatic hydroxyl groups is 1. The molecule has 8 heteroatoms. The molecule has 0 bridgehead atoms. The van der Waals surface area contributed by atoms with Gasteiger partial charge in [-0.2, -0.15) is 0 Å². The molecule has 0 amide bonds. The monoisotopic (exact) mass is 353 g/mol. The molecule has 0 radical (unpaired) electrons. The van der Waals surface area contributed by atoms with Crippen molar-refractivity contribution >= 4 is 13.5 Å². The first-order chi connectivity index (χ1) is 11.2. The third-order valence-electron chi connectivity index (χ3n) is 3.71. The number of aliphatic hydroxyl groups is 1. The van der Waals surface area contributed by atoms with Gasteiger partial charge in [0.2, 0.25) is 0 Å². The average molecular weight is 353 g/mol. The van der Waals surface area contributed by atoms with E-state index in [1.807, 2.05) is 11.2 Å². The zero-order valence-corrected chi connectivity index (χ0v) is 13.8. The zero-order chi connectivity index (χ0) is 17.7. The summed E-state index contributed by atoms with van der Waals surface area (Å²) in [6.07, 6.45) is 4.76. The molecule has 1 aliphatic carbocycles. The first-order valence-corrected chi connectivity index (χ1v) is 9.14. The normalized spacial score (nSPS) is 18.1. The number of hydrogen-bond acceptors (Lipinski definition) is 4. The number of phenolic OH excluding ortho intramolecular Hbond substituents is 1. The number of carbonyl (C=O) groups excluding carboxylic acids is 1. The number of hydrogen-bond donors (Lipinski definition) is 5. The highest BCUT2D eigenvalue weighted by Crippen LogP contribution is 2.35. The maximum Gasteiger partial charge on any atom is 0.427 e. The van der Waals surface area contributed by atoms with E-state index in [9.17, 15) is 19.6 Å². The van der Waals surface area contributed by atoms with E-state index in [2.05, 4.69) is 0 Å². The summed E-state index contributed by atoms with van der Waals surface area (Å²) in [5, 5.41) is 20.9. The average Bonchev–Trinajstić information content (AvgIpc) is 2.43. The summed E-state index contributed by atoms with van der Waals surface area (Å²) in [6, 6.07) is 6.92. The summed E-state index contributed by atoms with van der Waals surface area (Å²) in [5.74, 6) is -1.22. The van der Waals surface area contributed by atoms with Gasteiger partial charge in [0.25, 0.3) is 0 Å². The van der Waals surface area contributed by atoms with E-state index in [-0.39, 0.29) is 23.0 Å². The fraction of sp³-hybridized carbons (Fsp3) is 0.312. The lowest BCUT2D eigenvalue weighted by molar-refractivity contribution is -0.117. The number of unbranched alkanes of at least 4 members (excludes halogenated alkanes) is 1. The minimum absolute atomic E-state index is 0.0330. The van der Waals surface area contributed by atoms with Crippen LogP contribution in [0.3, 0.4) is 0 Å². The van der Waals surface area contributed by atoms with Crippen molar-refractivity contribution in [1.29, 1.82) is 0 Å². The number of ketones is 1. The summed E-state index contributed by atoms with van der Waals surface area (Å²) in [5.41, 5.74) is 1.01. The minimum atomic E-state index is -4.55. The third-order valence-corrected chi connectivity index (χ3v) is 4.26. The first-order valence-electron chi connectivity index (χ1n) is 7.52. The Kier molecular flexibility index (Phi) is 5.83. The lowest BCUT2D eigenvalue weighted by Gasteiger charge is -2.23. The molecule has 0 saturated heterocycles. The highest BCUT2D eigenvalue weighted by molar-refractivity contribution is 7.49. The van der Waals surface area contributed by atoms with Crippen LogP contribution in [0.25, 0.3) is 0 Å². The van der Waals surface area contributed by atoms with E-state index in [4.69, 9.17) is 9.79 Å². The number of carbonyl (C=O) groups is 1. The van der Waals surface area contributed by atoms with Crippen molar-refractivity contribution in [3.05, 3.63) is 53.4 Å². The Bertz CT molecular complexity index is 721. The summed E-state index contributed by atoms with van der Waals surface area (Å²) >= 11 is 0. The molecule has 24 heavy (non-hydrogen) atoms. The van der Waals surface area contributed by atoms with Crippen molar-refractivity contribution in [3.63, 3.8) is 0 Å². The molecule has 7 nitrogen and oxygen atoms in total. The largest absolute Gasteiger partial charge is 0.508 e. The molecule has 2 rings (SSSR count). The van der Waals surface area contributed by atoms with Gasteiger partial charge in [-0.1, -0.05) is 18.6 Å². The van der Waals surface area contributed by atoms with Crippen molar-refractivity contribution in [3.8, 4) is 5.75 Å². The number of phenols is 1. The van der Waals surface area contributed by atoms with Gasteiger partial charge in [-0.25, -0.2) is 4.57 Å². The molecule has 0 heterocycles. The van der Waals surface area contributed by atoms with Crippen molar-refractivity contribution in [2.75, 3.05) is 0 Å². The maximum absolute atomic E-state index is 12.0. The van der Waals surface area contributed by atoms with E-state index in [1.54, 1.807) is 18.2 Å². The van der Waals surface area contributed by atoms with E-state index in [0.29, 0.717) is 12.8 Å². The van der Waals surface area contributed by atoms with Crippen LogP contribution in [0.15, 0.2) is 47.9 Å². The Morgan fingerprint density at radius 3 is 2.54 bits per heavy atom. The molecule has 1 aliphatic rings. The second-order valence-corrected chi connectivity index (χ2v) is 7.01. The molecule has 1 atom stereocenters. The molecule has 0 aliphatic heterocycles. The Labute approximate surface area is 139 Å². The Morgan fingerprint density at radius 2 is 1.88 bits per heavy atom. The number of allylic oxidation sites excluding steroid dienone is 3. The van der Waals surface area contributed by atoms with Gasteiger partial charge in [-0.15, -0.1) is 0 Å². The highest BCUT2D eigenvalue weighted by atomic mass is 31.2. The lowest BCUT2D eigenvalue weighted by Crippen LogP contribution is -2.26. The second-order valence-electron chi connectivity index (χ2n) is 5.70. The van der Waals surface area contributed by atoms with Gasteiger partial charge in [0.1, 0.15) is 11.5 Å². The number of aryl methyl sites for hydroxylation is 1. The van der Waals surface area contributed by atoms with Crippen LogP contribution in [0.4, 0.5) is 0 Å². The molecule has 0 aromatic heterocycles. The molecule has 130 valence electrons. The summed E-state index contributed by atoms with van der Waals surface area (Å²) in [7, 11) is -4.55. The van der Waals surface area contributed by atoms with Gasteiger partial charge < -0.3 is 20.0 Å². The molecule has 0 spiro atoms. The number of nitrogens with one attached hydrogen (secondary N) is 1. The maximum atomic E-state index is 12.0. The number of benzene rings is 1. The van der Waals surface area contributed by atoms with Crippen molar-refractivity contribution in [1.82, 2.24) is 5.09 Å². The van der Waals surface area contributed by atoms with Gasteiger partial charge >= 0.3 is 7.75 Å². The van der Waals surface area contributed by atoms with Crippen LogP contribution in [-0.2, 0) is 15.8 Å². The third kappa shape index (κ3) is 5.53. The summed E-state index contributed by atoms with van der Waals surface area (Å²) < 4.78 is 11.1. The summed E-state index contributed by atoms with van der Waals surface area (Å²) in [4.78, 5) is 30.1. The molecule has 1 unspecified atom stereocenters. The van der Waals surface area contributed by atoms with Gasteiger partial charge in [-0.3, -0.25) is 9.88 Å². The molecule has 0 saturated carbocycles. The van der Waals surface area contributed by atoms with Crippen LogP contribution < -0.4 is 5.09 Å². The fourth-order valence-electron chi connectivity index (χ4n) is 2.67. The smallest absolute Gasteiger partial charge is 0.427 e. The standard InChI is InChI=1S/C16H20NO6P/c18-12-6-3-5-11(8-12)4-1-2-7-14-15(17-24(21,22)23)9-13(19)10-16(14)20/h3,5-6,8-10,14,18-19H,1-2,4,7H2,(H3,17,21,22,23). The topological polar surface area (TPSA) is 127 Å². The lowest BCUT2D eigenvalue weighted by atomic mass is 9.89. The zero-order valence-electron chi connectivity index (χ0n) is 12.9. The molecule has 5 N–H and O–H groups in total. The Morgan fingerprint density at radius 1 is 1.12 bits per heavy atom. The molecule has 1 aromatic rings. The van der Waals surface area contributed by atoms with E-state index in [1.165, 1.54) is 6.08 Å². The predicted molar refractivity (Wildman–Crippen MR) is 88.1 cm³/mol. The van der Waals surface area contributed by atoms with E-state index in [0.717, 1.165) is 24.5 Å². The predicted octanol–water partition coefficient (Wildman–Crippen LogP) is 2.31. The van der Waals surface area contributed by atoms with Gasteiger partial charge in [0.15, 0.2) is 5.78 Å². The SMILES string of the molecule is O=C1C=C(O)C=C(NP(=O)(O)O)C1CCCCc1cccc(O)c1. The van der Waals surface area contributed by atoms with Gasteiger partial charge in [0, 0.05) is 17.8 Å². The van der Waals surface area contributed by atoms with Gasteiger partial charge in [0.05, 0.1) is 5.92 Å². The van der Waals surface area contributed by atoms with Crippen LogP contribution >= 0.6 is 7.75 Å². The van der Waals surface area contributed by atoms with Gasteiger partial charge in [-0.05, 0) is 37.0 Å². The van der Waals surface area contributed by atoms with E-state index >= 15 is 0 Å². The van der Waals surface area contributed by atoms with Crippen LogP contribution in [0.2, 0.25) is 0 Å². The van der Waals surface area contributed by atoms with Crippen LogP contribution in [-0.4, -0.2) is 25.8 Å². The van der Waals surface area contributed by atoms with Crippen molar-refractivity contribution < 1.29 is 29.4 Å². The van der Waals surface area contributed by atoms with E-state index < -0.39 is 13.7 Å². The Hall–Kier alpha value is -2.08. The summed E-state index contributed by atoms with van der Waals surface area (Å²) in [6.45, 7) is 0. The number of rotatable bonds is 7. The Balaban J connectivity index is 1.93. The van der Waals surface area contributed by atoms with Crippen LogP contribution in [0, 0.1) is 5.92 Å².